The van der Waals surface area contributed by atoms with Crippen molar-refractivity contribution >= 4 is 11.6 Å². The third kappa shape index (κ3) is 4.17. The second-order valence-electron chi connectivity index (χ2n) is 6.21. The Morgan fingerprint density at radius 1 is 1.38 bits per heavy atom. The van der Waals surface area contributed by atoms with Gasteiger partial charge in [-0.25, -0.2) is 4.68 Å². The highest BCUT2D eigenvalue weighted by Gasteiger charge is 2.20. The highest BCUT2D eigenvalue weighted by Crippen LogP contribution is 2.22. The van der Waals surface area contributed by atoms with Crippen molar-refractivity contribution in [1.82, 2.24) is 15.1 Å². The number of aliphatic hydroxyl groups is 1. The molecule has 0 aliphatic carbocycles. The molecule has 24 heavy (non-hydrogen) atoms. The Bertz CT molecular complexity index is 739. The summed E-state index contributed by atoms with van der Waals surface area (Å²) in [6.07, 6.45) is 2.08. The number of nitrogens with one attached hydrogen (secondary N) is 1. The molecule has 8 heteroatoms. The van der Waals surface area contributed by atoms with Gasteiger partial charge in [0.15, 0.2) is 5.69 Å². The maximum atomic E-state index is 12.2. The van der Waals surface area contributed by atoms with Crippen molar-refractivity contribution < 1.29 is 14.8 Å². The van der Waals surface area contributed by atoms with E-state index in [4.69, 9.17) is 5.11 Å². The Labute approximate surface area is 139 Å². The van der Waals surface area contributed by atoms with E-state index in [0.717, 1.165) is 0 Å². The number of aliphatic hydroxyl groups excluding tert-OH is 1. The lowest BCUT2D eigenvalue weighted by Gasteiger charge is -2.23. The van der Waals surface area contributed by atoms with Crippen LogP contribution in [0.3, 0.4) is 0 Å². The van der Waals surface area contributed by atoms with Crippen molar-refractivity contribution in [1.29, 1.82) is 0 Å². The quantitative estimate of drug-likeness (QED) is 0.594. The number of amides is 1. The fourth-order valence-electron chi connectivity index (χ4n) is 2.19. The number of nitrogens with zero attached hydrogens (tertiary/aromatic N) is 3. The summed E-state index contributed by atoms with van der Waals surface area (Å²) in [5.41, 5.74) is 0.150. The molecular formula is C16H20N4O4. The van der Waals surface area contributed by atoms with E-state index in [1.54, 1.807) is 18.2 Å². The Morgan fingerprint density at radius 3 is 2.75 bits per heavy atom. The second kappa shape index (κ2) is 7.22. The van der Waals surface area contributed by atoms with Crippen LogP contribution in [0.1, 0.15) is 30.8 Å². The standard InChI is InChI=1S/C16H20N4O4/c1-16(2,8-10-21)11-17-15(22)12-7-9-19(18-12)13-5-3-4-6-14(13)20(23)24/h3-7,9,21H,8,10-11H2,1-2H3,(H,17,22). The zero-order valence-electron chi connectivity index (χ0n) is 13.6. The van der Waals surface area contributed by atoms with Gasteiger partial charge in [-0.2, -0.15) is 5.10 Å². The summed E-state index contributed by atoms with van der Waals surface area (Å²) in [5, 5.41) is 27.0. The van der Waals surface area contributed by atoms with E-state index >= 15 is 0 Å². The number of rotatable bonds is 7. The number of carbonyl (C=O) groups excluding carboxylic acids is 1. The van der Waals surface area contributed by atoms with Gasteiger partial charge in [-0.05, 0) is 24.0 Å². The molecule has 1 amide bonds. The Hall–Kier alpha value is -2.74. The number of hydrogen-bond acceptors (Lipinski definition) is 5. The highest BCUT2D eigenvalue weighted by atomic mass is 16.6. The molecule has 1 aromatic heterocycles. The van der Waals surface area contributed by atoms with Gasteiger partial charge in [-0.1, -0.05) is 26.0 Å². The summed E-state index contributed by atoms with van der Waals surface area (Å²) in [4.78, 5) is 22.8. The van der Waals surface area contributed by atoms with Crippen LogP contribution in [0.2, 0.25) is 0 Å². The molecule has 2 N–H and O–H groups in total. The van der Waals surface area contributed by atoms with Gasteiger partial charge in [0.05, 0.1) is 4.92 Å². The molecule has 0 atom stereocenters. The molecule has 0 aliphatic heterocycles. The fourth-order valence-corrected chi connectivity index (χ4v) is 2.19. The van der Waals surface area contributed by atoms with Crippen LogP contribution in [0, 0.1) is 15.5 Å². The third-order valence-corrected chi connectivity index (χ3v) is 3.66. The van der Waals surface area contributed by atoms with Gasteiger partial charge in [0.1, 0.15) is 5.69 Å². The van der Waals surface area contributed by atoms with Crippen LogP contribution in [0.5, 0.6) is 0 Å². The van der Waals surface area contributed by atoms with Crippen molar-refractivity contribution in [3.05, 3.63) is 52.3 Å². The molecule has 0 unspecified atom stereocenters. The van der Waals surface area contributed by atoms with Gasteiger partial charge in [0.2, 0.25) is 0 Å². The first-order valence-corrected chi connectivity index (χ1v) is 7.52. The molecule has 1 aromatic carbocycles. The summed E-state index contributed by atoms with van der Waals surface area (Å²) in [7, 11) is 0. The minimum Gasteiger partial charge on any atom is -0.396 e. The summed E-state index contributed by atoms with van der Waals surface area (Å²) >= 11 is 0. The molecule has 0 fully saturated rings. The van der Waals surface area contributed by atoms with E-state index in [1.807, 2.05) is 13.8 Å². The van der Waals surface area contributed by atoms with E-state index < -0.39 is 4.92 Å². The summed E-state index contributed by atoms with van der Waals surface area (Å²) in [5.74, 6) is -0.363. The normalized spacial score (nSPS) is 11.3. The van der Waals surface area contributed by atoms with Gasteiger partial charge in [0, 0.05) is 25.4 Å². The van der Waals surface area contributed by atoms with Crippen LogP contribution in [0.25, 0.3) is 5.69 Å². The molecule has 0 spiro atoms. The molecular weight excluding hydrogens is 312 g/mol. The Morgan fingerprint density at radius 2 is 2.08 bits per heavy atom. The first kappa shape index (κ1) is 17.6. The van der Waals surface area contributed by atoms with Crippen LogP contribution < -0.4 is 5.32 Å². The van der Waals surface area contributed by atoms with Crippen molar-refractivity contribution in [2.24, 2.45) is 5.41 Å². The second-order valence-corrected chi connectivity index (χ2v) is 6.21. The van der Waals surface area contributed by atoms with Crippen molar-refractivity contribution in [3.8, 4) is 5.69 Å². The van der Waals surface area contributed by atoms with Crippen LogP contribution in [-0.2, 0) is 0 Å². The molecule has 1 heterocycles. The minimum atomic E-state index is -0.492. The SMILES string of the molecule is CC(C)(CCO)CNC(=O)c1ccn(-c2ccccc2[N+](=O)[O-])n1. The van der Waals surface area contributed by atoms with Gasteiger partial charge in [-0.15, -0.1) is 0 Å². The number of aromatic nitrogens is 2. The monoisotopic (exact) mass is 332 g/mol. The maximum Gasteiger partial charge on any atom is 0.294 e. The van der Waals surface area contributed by atoms with Crippen LogP contribution in [-0.4, -0.2) is 38.9 Å². The topological polar surface area (TPSA) is 110 Å². The van der Waals surface area contributed by atoms with E-state index in [-0.39, 0.29) is 29.3 Å². The van der Waals surface area contributed by atoms with Crippen molar-refractivity contribution in [3.63, 3.8) is 0 Å². The van der Waals surface area contributed by atoms with Crippen LogP contribution in [0.15, 0.2) is 36.5 Å². The summed E-state index contributed by atoms with van der Waals surface area (Å²) < 4.78 is 1.31. The molecule has 0 saturated heterocycles. The predicted molar refractivity (Wildman–Crippen MR) is 88.0 cm³/mol. The van der Waals surface area contributed by atoms with E-state index in [9.17, 15) is 14.9 Å². The molecule has 0 aliphatic rings. The lowest BCUT2D eigenvalue weighted by Crippen LogP contribution is -2.34. The molecule has 0 saturated carbocycles. The number of nitro groups is 1. The number of nitro benzene ring substituents is 1. The van der Waals surface area contributed by atoms with E-state index in [0.29, 0.717) is 18.7 Å². The smallest absolute Gasteiger partial charge is 0.294 e. The molecule has 2 aromatic rings. The molecule has 2 rings (SSSR count). The van der Waals surface area contributed by atoms with Crippen molar-refractivity contribution in [2.45, 2.75) is 20.3 Å². The summed E-state index contributed by atoms with van der Waals surface area (Å²) in [6.45, 7) is 4.32. The van der Waals surface area contributed by atoms with Crippen molar-refractivity contribution in [2.75, 3.05) is 13.2 Å². The number of hydrogen-bond donors (Lipinski definition) is 2. The summed E-state index contributed by atoms with van der Waals surface area (Å²) in [6, 6.07) is 7.69. The molecule has 128 valence electrons. The first-order valence-electron chi connectivity index (χ1n) is 7.52. The third-order valence-electron chi connectivity index (χ3n) is 3.66. The zero-order valence-corrected chi connectivity index (χ0v) is 13.6. The first-order chi connectivity index (χ1) is 11.3. The highest BCUT2D eigenvalue weighted by molar-refractivity contribution is 5.92. The predicted octanol–water partition coefficient (Wildman–Crippen LogP) is 1.92. The van der Waals surface area contributed by atoms with Gasteiger partial charge in [0.25, 0.3) is 11.6 Å². The van der Waals surface area contributed by atoms with Crippen LogP contribution >= 0.6 is 0 Å². The molecule has 0 bridgehead atoms. The average molecular weight is 332 g/mol. The fraction of sp³-hybridized carbons (Fsp3) is 0.375. The lowest BCUT2D eigenvalue weighted by atomic mass is 9.90. The Kier molecular flexibility index (Phi) is 5.30. The van der Waals surface area contributed by atoms with Crippen LogP contribution in [0.4, 0.5) is 5.69 Å². The maximum absolute atomic E-state index is 12.2. The zero-order chi connectivity index (χ0) is 17.7. The van der Waals surface area contributed by atoms with E-state index in [2.05, 4.69) is 10.4 Å². The number of carbonyl (C=O) groups is 1. The lowest BCUT2D eigenvalue weighted by molar-refractivity contribution is -0.384. The Balaban J connectivity index is 2.14. The number of para-hydroxylation sites is 2. The average Bonchev–Trinajstić information content (AvgIpc) is 3.02. The van der Waals surface area contributed by atoms with Gasteiger partial charge < -0.3 is 10.4 Å². The molecule has 8 nitrogen and oxygen atoms in total. The largest absolute Gasteiger partial charge is 0.396 e. The number of benzene rings is 1. The van der Waals surface area contributed by atoms with Gasteiger partial charge >= 0.3 is 0 Å². The van der Waals surface area contributed by atoms with Gasteiger partial charge in [-0.3, -0.25) is 14.9 Å². The minimum absolute atomic E-state index is 0.0508. The van der Waals surface area contributed by atoms with E-state index in [1.165, 1.54) is 23.0 Å². The molecule has 0 radical (unpaired) electrons.